The van der Waals surface area contributed by atoms with E-state index in [2.05, 4.69) is 37.5 Å². The van der Waals surface area contributed by atoms with Crippen LogP contribution in [0.2, 0.25) is 0 Å². The van der Waals surface area contributed by atoms with Crippen LogP contribution in [-0.2, 0) is 10.9 Å². The Labute approximate surface area is 228 Å². The van der Waals surface area contributed by atoms with Crippen molar-refractivity contribution < 1.29 is 27.4 Å². The number of aromatic nitrogens is 2. The Balaban J connectivity index is 1.61. The van der Waals surface area contributed by atoms with Crippen LogP contribution < -0.4 is 26.4 Å². The summed E-state index contributed by atoms with van der Waals surface area (Å²) in [4.78, 5) is 26.2. The molecule has 1 amide bonds. The van der Waals surface area contributed by atoms with Gasteiger partial charge < -0.3 is 31.2 Å². The van der Waals surface area contributed by atoms with Crippen LogP contribution in [0.3, 0.4) is 0 Å². The Hall–Kier alpha value is -4.65. The van der Waals surface area contributed by atoms with Gasteiger partial charge in [0.2, 0.25) is 5.95 Å². The van der Waals surface area contributed by atoms with Crippen molar-refractivity contribution in [3.63, 3.8) is 0 Å². The van der Waals surface area contributed by atoms with Gasteiger partial charge in [-0.05, 0) is 55.4 Å². The number of aryl methyl sites for hydroxylation is 1. The standard InChI is InChI=1S/C27H28F3N7O3/c1-4-32-21-13-33-26(35-18-9-10-40-14-18)37-23(21)24(31)36-20-11-16(6-5-15(20)2)25(38)34-17-7-8-22(39-3)19(12-17)27(28,29)30/h4-8,11-13,18,32H,1,9-10,14H2,2-3H3,(H2,31,36)(H,34,38)(H,33,35,37). The molecule has 0 radical (unpaired) electrons. The van der Waals surface area contributed by atoms with Crippen LogP contribution in [0.4, 0.5) is 36.2 Å². The largest absolute Gasteiger partial charge is 0.496 e. The lowest BCUT2D eigenvalue weighted by Gasteiger charge is -2.14. The van der Waals surface area contributed by atoms with Gasteiger partial charge in [0.15, 0.2) is 5.84 Å². The number of rotatable bonds is 9. The van der Waals surface area contributed by atoms with Crippen LogP contribution in [0, 0.1) is 6.92 Å². The first-order chi connectivity index (χ1) is 19.1. The molecule has 2 heterocycles. The molecule has 1 aliphatic rings. The third-order valence-corrected chi connectivity index (χ3v) is 6.03. The number of carbonyl (C=O) groups excluding carboxylic acids is 1. The third kappa shape index (κ3) is 6.67. The van der Waals surface area contributed by atoms with Gasteiger partial charge in [0.05, 0.1) is 42.9 Å². The van der Waals surface area contributed by atoms with Gasteiger partial charge in [-0.2, -0.15) is 13.2 Å². The monoisotopic (exact) mass is 555 g/mol. The van der Waals surface area contributed by atoms with E-state index >= 15 is 0 Å². The molecule has 0 bridgehead atoms. The highest BCUT2D eigenvalue weighted by Crippen LogP contribution is 2.38. The van der Waals surface area contributed by atoms with Gasteiger partial charge in [-0.3, -0.25) is 4.79 Å². The number of methoxy groups -OCH3 is 1. The number of benzene rings is 2. The molecule has 1 fully saturated rings. The molecular weight excluding hydrogens is 527 g/mol. The molecule has 13 heteroatoms. The fourth-order valence-corrected chi connectivity index (χ4v) is 3.96. The molecule has 0 saturated carbocycles. The smallest absolute Gasteiger partial charge is 0.420 e. The lowest BCUT2D eigenvalue weighted by molar-refractivity contribution is -0.138. The number of nitrogens with two attached hydrogens (primary N) is 1. The van der Waals surface area contributed by atoms with Crippen molar-refractivity contribution in [3.05, 3.63) is 77.8 Å². The van der Waals surface area contributed by atoms with Crippen LogP contribution >= 0.6 is 0 Å². The summed E-state index contributed by atoms with van der Waals surface area (Å²) in [5.74, 6) is -0.587. The molecule has 40 heavy (non-hydrogen) atoms. The number of anilines is 3. The van der Waals surface area contributed by atoms with Gasteiger partial charge in [0.25, 0.3) is 5.91 Å². The Morgan fingerprint density at radius 3 is 2.75 bits per heavy atom. The molecule has 5 N–H and O–H groups in total. The number of nitrogens with one attached hydrogen (secondary N) is 3. The molecule has 0 aliphatic carbocycles. The van der Waals surface area contributed by atoms with Crippen molar-refractivity contribution >= 4 is 34.8 Å². The molecule has 210 valence electrons. The fraction of sp³-hybridized carbons (Fsp3) is 0.259. The summed E-state index contributed by atoms with van der Waals surface area (Å²) >= 11 is 0. The summed E-state index contributed by atoms with van der Waals surface area (Å²) in [6, 6.07) is 8.03. The number of hydrogen-bond donors (Lipinski definition) is 4. The predicted molar refractivity (Wildman–Crippen MR) is 146 cm³/mol. The van der Waals surface area contributed by atoms with Gasteiger partial charge in [0, 0.05) is 17.9 Å². The maximum absolute atomic E-state index is 13.4. The zero-order chi connectivity index (χ0) is 28.9. The van der Waals surface area contributed by atoms with E-state index in [9.17, 15) is 18.0 Å². The summed E-state index contributed by atoms with van der Waals surface area (Å²) < 4.78 is 50.3. The lowest BCUT2D eigenvalue weighted by Crippen LogP contribution is -2.23. The normalized spacial score (nSPS) is 15.4. The minimum atomic E-state index is -4.66. The summed E-state index contributed by atoms with van der Waals surface area (Å²) in [5, 5.41) is 8.62. The predicted octanol–water partition coefficient (Wildman–Crippen LogP) is 4.86. The maximum Gasteiger partial charge on any atom is 0.420 e. The van der Waals surface area contributed by atoms with Crippen LogP contribution in [0.15, 0.2) is 60.4 Å². The first-order valence-electron chi connectivity index (χ1n) is 12.2. The van der Waals surface area contributed by atoms with Crippen LogP contribution in [0.1, 0.15) is 33.6 Å². The molecular formula is C27H28F3N7O3. The van der Waals surface area contributed by atoms with Gasteiger partial charge in [-0.25, -0.2) is 15.0 Å². The van der Waals surface area contributed by atoms with E-state index < -0.39 is 17.6 Å². The SMILES string of the molecule is C=CNc1cnc(NC2CCOC2)nc1C(N)=Nc1cc(C(=O)Nc2ccc(OC)c(C(F)(F)F)c2)ccc1C. The van der Waals surface area contributed by atoms with Gasteiger partial charge in [-0.15, -0.1) is 0 Å². The quantitative estimate of drug-likeness (QED) is 0.217. The van der Waals surface area contributed by atoms with E-state index in [1.165, 1.54) is 24.4 Å². The van der Waals surface area contributed by atoms with Crippen LogP contribution in [-0.4, -0.2) is 48.1 Å². The third-order valence-electron chi connectivity index (χ3n) is 6.03. The van der Waals surface area contributed by atoms with Gasteiger partial charge >= 0.3 is 6.18 Å². The van der Waals surface area contributed by atoms with E-state index in [0.717, 1.165) is 25.7 Å². The fourth-order valence-electron chi connectivity index (χ4n) is 3.96. The van der Waals surface area contributed by atoms with Gasteiger partial charge in [-0.1, -0.05) is 12.6 Å². The highest BCUT2D eigenvalue weighted by atomic mass is 19.4. The Morgan fingerprint density at radius 1 is 1.27 bits per heavy atom. The van der Waals surface area contributed by atoms with Crippen LogP contribution in [0.25, 0.3) is 0 Å². The maximum atomic E-state index is 13.4. The van der Waals surface area contributed by atoms with E-state index in [0.29, 0.717) is 41.8 Å². The summed E-state index contributed by atoms with van der Waals surface area (Å²) in [6.07, 6.45) is -0.842. The van der Waals surface area contributed by atoms with E-state index in [4.69, 9.17) is 15.2 Å². The number of amidine groups is 1. The van der Waals surface area contributed by atoms with Crippen molar-refractivity contribution in [1.29, 1.82) is 0 Å². The van der Waals surface area contributed by atoms with Crippen molar-refractivity contribution in [2.45, 2.75) is 25.6 Å². The van der Waals surface area contributed by atoms with Crippen molar-refractivity contribution in [2.24, 2.45) is 10.7 Å². The number of carbonyl (C=O) groups is 1. The molecule has 1 unspecified atom stereocenters. The van der Waals surface area contributed by atoms with E-state index in [-0.39, 0.29) is 28.9 Å². The number of ether oxygens (including phenoxy) is 2. The summed E-state index contributed by atoms with van der Waals surface area (Å²) in [6.45, 7) is 6.63. The van der Waals surface area contributed by atoms with E-state index in [1.54, 1.807) is 19.2 Å². The van der Waals surface area contributed by atoms with Crippen molar-refractivity contribution in [3.8, 4) is 5.75 Å². The molecule has 0 spiro atoms. The topological polar surface area (TPSA) is 136 Å². The number of nitrogens with zero attached hydrogens (tertiary/aromatic N) is 3. The zero-order valence-corrected chi connectivity index (χ0v) is 21.8. The molecule has 1 aliphatic heterocycles. The Bertz CT molecular complexity index is 1440. The second kappa shape index (κ2) is 12.0. The molecule has 1 aromatic heterocycles. The lowest BCUT2D eigenvalue weighted by atomic mass is 10.1. The summed E-state index contributed by atoms with van der Waals surface area (Å²) in [5.41, 5.74) is 7.33. The number of amides is 1. The molecule has 3 aromatic rings. The second-order valence-corrected chi connectivity index (χ2v) is 8.87. The minimum Gasteiger partial charge on any atom is -0.496 e. The zero-order valence-electron chi connectivity index (χ0n) is 21.8. The van der Waals surface area contributed by atoms with Crippen molar-refractivity contribution in [2.75, 3.05) is 36.3 Å². The highest BCUT2D eigenvalue weighted by Gasteiger charge is 2.34. The second-order valence-electron chi connectivity index (χ2n) is 8.87. The average Bonchev–Trinajstić information content (AvgIpc) is 3.43. The molecule has 4 rings (SSSR count). The first kappa shape index (κ1) is 28.4. The molecule has 1 atom stereocenters. The number of hydrogen-bond acceptors (Lipinski definition) is 8. The Morgan fingerprint density at radius 2 is 2.08 bits per heavy atom. The van der Waals surface area contributed by atoms with Crippen LogP contribution in [0.5, 0.6) is 5.75 Å². The molecule has 1 saturated heterocycles. The Kier molecular flexibility index (Phi) is 8.53. The highest BCUT2D eigenvalue weighted by molar-refractivity contribution is 6.06. The first-order valence-corrected chi connectivity index (χ1v) is 12.2. The summed E-state index contributed by atoms with van der Waals surface area (Å²) in [7, 11) is 1.14. The van der Waals surface area contributed by atoms with Gasteiger partial charge in [0.1, 0.15) is 11.4 Å². The number of halogens is 3. The van der Waals surface area contributed by atoms with Crippen molar-refractivity contribution in [1.82, 2.24) is 9.97 Å². The van der Waals surface area contributed by atoms with E-state index in [1.807, 2.05) is 0 Å². The average molecular weight is 556 g/mol. The number of alkyl halides is 3. The molecule has 10 nitrogen and oxygen atoms in total. The number of aliphatic imine (C=N–C) groups is 1. The minimum absolute atomic E-state index is 0.0444. The molecule has 2 aromatic carbocycles.